The first-order chi connectivity index (χ1) is 11.7. The normalized spacial score (nSPS) is 16.1. The molecule has 26 heavy (non-hydrogen) atoms. The largest absolute Gasteiger partial charge is 0.339 e. The van der Waals surface area contributed by atoms with Gasteiger partial charge in [-0.1, -0.05) is 37.3 Å². The van der Waals surface area contributed by atoms with Crippen LogP contribution in [0.1, 0.15) is 18.5 Å². The van der Waals surface area contributed by atoms with Gasteiger partial charge in [0.05, 0.1) is 5.92 Å². The van der Waals surface area contributed by atoms with E-state index < -0.39 is 0 Å². The number of nitrogens with zero attached hydrogens (tertiary/aromatic N) is 4. The molecule has 1 aromatic heterocycles. The molecule has 3 rings (SSSR count). The minimum Gasteiger partial charge on any atom is -0.339 e. The quantitative estimate of drug-likeness (QED) is 0.856. The molecule has 1 aliphatic heterocycles. The van der Waals surface area contributed by atoms with Gasteiger partial charge >= 0.3 is 0 Å². The summed E-state index contributed by atoms with van der Waals surface area (Å²) in [5, 5.41) is 0. The summed E-state index contributed by atoms with van der Waals surface area (Å²) < 4.78 is 0. The van der Waals surface area contributed by atoms with Gasteiger partial charge in [0.2, 0.25) is 11.9 Å². The number of carbonyl (C=O) groups excluding carboxylic acids is 1. The van der Waals surface area contributed by atoms with E-state index in [2.05, 4.69) is 14.9 Å². The van der Waals surface area contributed by atoms with Gasteiger partial charge in [-0.05, 0) is 11.6 Å². The second-order valence-corrected chi connectivity index (χ2v) is 6.09. The topological polar surface area (TPSA) is 75.4 Å². The summed E-state index contributed by atoms with van der Waals surface area (Å²) in [6.45, 7) is 4.73. The van der Waals surface area contributed by atoms with Crippen molar-refractivity contribution in [3.8, 4) is 0 Å². The lowest BCUT2D eigenvalue weighted by Crippen LogP contribution is -2.51. The molecule has 0 bridgehead atoms. The number of nitrogens with two attached hydrogens (primary N) is 1. The van der Waals surface area contributed by atoms with Gasteiger partial charge < -0.3 is 15.5 Å². The molecule has 2 unspecified atom stereocenters. The molecule has 2 N–H and O–H groups in total. The van der Waals surface area contributed by atoms with Crippen LogP contribution in [-0.2, 0) is 4.79 Å². The zero-order valence-electron chi connectivity index (χ0n) is 14.7. The number of carbonyl (C=O) groups is 1. The van der Waals surface area contributed by atoms with Crippen LogP contribution in [0.2, 0.25) is 0 Å². The Morgan fingerprint density at radius 2 is 1.58 bits per heavy atom. The fourth-order valence-electron chi connectivity index (χ4n) is 2.99. The second-order valence-electron chi connectivity index (χ2n) is 6.09. The number of rotatable bonds is 4. The smallest absolute Gasteiger partial charge is 0.227 e. The Kier molecular flexibility index (Phi) is 8.78. The van der Waals surface area contributed by atoms with Gasteiger partial charge in [-0.25, -0.2) is 9.97 Å². The zero-order chi connectivity index (χ0) is 16.9. The number of hydrogen-bond donors (Lipinski definition) is 1. The second kappa shape index (κ2) is 10.3. The Morgan fingerprint density at radius 3 is 2.15 bits per heavy atom. The van der Waals surface area contributed by atoms with Crippen molar-refractivity contribution in [3.63, 3.8) is 0 Å². The summed E-state index contributed by atoms with van der Waals surface area (Å²) in [4.78, 5) is 25.3. The van der Waals surface area contributed by atoms with Crippen molar-refractivity contribution in [1.82, 2.24) is 14.9 Å². The fourth-order valence-corrected chi connectivity index (χ4v) is 2.99. The molecule has 8 heteroatoms. The molecule has 2 atom stereocenters. The Balaban J connectivity index is 0.00000169. The van der Waals surface area contributed by atoms with Gasteiger partial charge in [-0.3, -0.25) is 4.79 Å². The van der Waals surface area contributed by atoms with E-state index in [-0.39, 0.29) is 42.7 Å². The van der Waals surface area contributed by atoms with E-state index in [1.54, 1.807) is 18.5 Å². The van der Waals surface area contributed by atoms with Gasteiger partial charge in [0.1, 0.15) is 0 Å². The predicted molar refractivity (Wildman–Crippen MR) is 108 cm³/mol. The molecule has 1 aliphatic rings. The molecule has 1 fully saturated rings. The third kappa shape index (κ3) is 5.06. The summed E-state index contributed by atoms with van der Waals surface area (Å²) in [5.41, 5.74) is 7.28. The maximum absolute atomic E-state index is 12.8. The first-order valence-electron chi connectivity index (χ1n) is 8.28. The molecule has 2 aromatic rings. The molecule has 0 spiro atoms. The Labute approximate surface area is 166 Å². The number of anilines is 1. The SMILES string of the molecule is CC(C(=O)N1CCN(c2ncccn2)CC1)C(N)c1ccccc1.Cl.Cl. The number of benzene rings is 1. The van der Waals surface area contributed by atoms with Crippen molar-refractivity contribution >= 4 is 36.7 Å². The molecule has 1 amide bonds. The Hall–Kier alpha value is -1.89. The number of amides is 1. The van der Waals surface area contributed by atoms with Crippen molar-refractivity contribution in [3.05, 3.63) is 54.4 Å². The van der Waals surface area contributed by atoms with Crippen molar-refractivity contribution < 1.29 is 4.79 Å². The molecule has 0 saturated carbocycles. The standard InChI is InChI=1S/C18H23N5O.2ClH/c1-14(16(19)15-6-3-2-4-7-15)17(24)22-10-12-23(13-11-22)18-20-8-5-9-21-18;;/h2-9,14,16H,10-13,19H2,1H3;2*1H. The summed E-state index contributed by atoms with van der Waals surface area (Å²) in [5.74, 6) is 0.588. The van der Waals surface area contributed by atoms with E-state index in [0.29, 0.717) is 13.1 Å². The van der Waals surface area contributed by atoms with E-state index in [4.69, 9.17) is 5.73 Å². The monoisotopic (exact) mass is 397 g/mol. The molecular weight excluding hydrogens is 373 g/mol. The van der Waals surface area contributed by atoms with Crippen LogP contribution in [0.3, 0.4) is 0 Å². The molecule has 6 nitrogen and oxygen atoms in total. The van der Waals surface area contributed by atoms with Gasteiger partial charge in [-0.15, -0.1) is 24.8 Å². The average molecular weight is 398 g/mol. The summed E-state index contributed by atoms with van der Waals surface area (Å²) in [7, 11) is 0. The lowest BCUT2D eigenvalue weighted by molar-refractivity contribution is -0.136. The van der Waals surface area contributed by atoms with E-state index in [0.717, 1.165) is 24.6 Å². The molecule has 2 heterocycles. The molecule has 0 radical (unpaired) electrons. The van der Waals surface area contributed by atoms with Crippen LogP contribution < -0.4 is 10.6 Å². The predicted octanol–water partition coefficient (Wildman–Crippen LogP) is 2.30. The first-order valence-corrected chi connectivity index (χ1v) is 8.28. The van der Waals surface area contributed by atoms with Crippen LogP contribution in [0.4, 0.5) is 5.95 Å². The first kappa shape index (κ1) is 22.2. The highest BCUT2D eigenvalue weighted by atomic mass is 35.5. The summed E-state index contributed by atoms with van der Waals surface area (Å²) in [6.07, 6.45) is 3.47. The maximum atomic E-state index is 12.8. The average Bonchev–Trinajstić information content (AvgIpc) is 2.68. The fraction of sp³-hybridized carbons (Fsp3) is 0.389. The lowest BCUT2D eigenvalue weighted by atomic mass is 9.94. The lowest BCUT2D eigenvalue weighted by Gasteiger charge is -2.36. The number of hydrogen-bond acceptors (Lipinski definition) is 5. The minimum absolute atomic E-state index is 0. The van der Waals surface area contributed by atoms with E-state index >= 15 is 0 Å². The third-order valence-electron chi connectivity index (χ3n) is 4.54. The number of piperazine rings is 1. The van der Waals surface area contributed by atoms with E-state index in [1.165, 1.54) is 0 Å². The van der Waals surface area contributed by atoms with E-state index in [1.807, 2.05) is 42.2 Å². The zero-order valence-corrected chi connectivity index (χ0v) is 16.3. The van der Waals surface area contributed by atoms with Gasteiger partial charge in [0.25, 0.3) is 0 Å². The number of aromatic nitrogens is 2. The molecule has 0 aliphatic carbocycles. The maximum Gasteiger partial charge on any atom is 0.227 e. The van der Waals surface area contributed by atoms with Crippen molar-refractivity contribution in [1.29, 1.82) is 0 Å². The van der Waals surface area contributed by atoms with Crippen LogP contribution in [0.25, 0.3) is 0 Å². The Bertz CT molecular complexity index is 666. The minimum atomic E-state index is -0.283. The highest BCUT2D eigenvalue weighted by Gasteiger charge is 2.29. The molecule has 142 valence electrons. The molecule has 1 aromatic carbocycles. The van der Waals surface area contributed by atoms with Crippen molar-refractivity contribution in [2.24, 2.45) is 11.7 Å². The van der Waals surface area contributed by atoms with Crippen LogP contribution in [0.5, 0.6) is 0 Å². The van der Waals surface area contributed by atoms with Crippen molar-refractivity contribution in [2.75, 3.05) is 31.1 Å². The molecular formula is C18H25Cl2N5O. The van der Waals surface area contributed by atoms with Gasteiger partial charge in [0, 0.05) is 44.6 Å². The van der Waals surface area contributed by atoms with Crippen LogP contribution in [-0.4, -0.2) is 47.0 Å². The summed E-state index contributed by atoms with van der Waals surface area (Å²) in [6, 6.07) is 11.3. The van der Waals surface area contributed by atoms with Gasteiger partial charge in [0.15, 0.2) is 0 Å². The van der Waals surface area contributed by atoms with Crippen LogP contribution in [0, 0.1) is 5.92 Å². The highest BCUT2D eigenvalue weighted by molar-refractivity contribution is 5.85. The highest BCUT2D eigenvalue weighted by Crippen LogP contribution is 2.22. The number of halogens is 2. The molecule has 1 saturated heterocycles. The van der Waals surface area contributed by atoms with Crippen LogP contribution in [0.15, 0.2) is 48.8 Å². The van der Waals surface area contributed by atoms with Crippen molar-refractivity contribution in [2.45, 2.75) is 13.0 Å². The van der Waals surface area contributed by atoms with Crippen LogP contribution >= 0.6 is 24.8 Å². The third-order valence-corrected chi connectivity index (χ3v) is 4.54. The Morgan fingerprint density at radius 1 is 1.00 bits per heavy atom. The summed E-state index contributed by atoms with van der Waals surface area (Å²) >= 11 is 0. The van der Waals surface area contributed by atoms with Gasteiger partial charge in [-0.2, -0.15) is 0 Å². The van der Waals surface area contributed by atoms with E-state index in [9.17, 15) is 4.79 Å².